The Bertz CT molecular complexity index is 453. The Morgan fingerprint density at radius 2 is 2.38 bits per heavy atom. The summed E-state index contributed by atoms with van der Waals surface area (Å²) in [5, 5.41) is 3.42. The van der Waals surface area contributed by atoms with Gasteiger partial charge in [0, 0.05) is 18.8 Å². The molecule has 3 nitrogen and oxygen atoms in total. The maximum absolute atomic E-state index is 5.31. The van der Waals surface area contributed by atoms with Crippen molar-refractivity contribution in [2.75, 3.05) is 13.7 Å². The lowest BCUT2D eigenvalue weighted by molar-refractivity contribution is 0.301. The van der Waals surface area contributed by atoms with Crippen LogP contribution in [0, 0.1) is 12.8 Å². The number of fused-ring (bicyclic) bond motifs is 1. The monoisotopic (exact) mass is 216 g/mol. The number of hydrogen-bond acceptors (Lipinski definition) is 3. The highest BCUT2D eigenvalue weighted by Crippen LogP contribution is 2.37. The van der Waals surface area contributed by atoms with Gasteiger partial charge in [-0.15, -0.1) is 0 Å². The van der Waals surface area contributed by atoms with E-state index < -0.39 is 0 Å². The summed E-state index contributed by atoms with van der Waals surface area (Å²) >= 11 is 0. The van der Waals surface area contributed by atoms with Crippen LogP contribution in [0.3, 0.4) is 0 Å². The highest BCUT2D eigenvalue weighted by atomic mass is 16.5. The summed E-state index contributed by atoms with van der Waals surface area (Å²) in [6.07, 6.45) is 5.46. The van der Waals surface area contributed by atoms with Crippen LogP contribution in [-0.2, 0) is 0 Å². The van der Waals surface area contributed by atoms with Crippen LogP contribution in [-0.4, -0.2) is 24.7 Å². The Hall–Kier alpha value is -1.35. The summed E-state index contributed by atoms with van der Waals surface area (Å²) in [6.45, 7) is 3.12. The van der Waals surface area contributed by atoms with Gasteiger partial charge in [0.2, 0.25) is 0 Å². The zero-order valence-electron chi connectivity index (χ0n) is 9.66. The first-order chi connectivity index (χ1) is 7.78. The summed E-state index contributed by atoms with van der Waals surface area (Å²) in [4.78, 5) is 4.38. The topological polar surface area (TPSA) is 34.1 Å². The standard InChI is InChI=1S/C13H16N2O/c1-8-13(16-2)5-10(6-14-8)9-3-11-7-15-12(11)4-9/h4-6,11-12,15H,3,7H2,1-2H3/t11-,12-/m1/s1. The molecular formula is C13H16N2O. The number of aryl methyl sites for hydroxylation is 1. The van der Waals surface area contributed by atoms with Crippen LogP contribution in [0.25, 0.3) is 5.57 Å². The van der Waals surface area contributed by atoms with Crippen LogP contribution < -0.4 is 10.1 Å². The molecule has 1 fully saturated rings. The Morgan fingerprint density at radius 1 is 1.50 bits per heavy atom. The minimum Gasteiger partial charge on any atom is -0.495 e. The molecule has 0 radical (unpaired) electrons. The quantitative estimate of drug-likeness (QED) is 0.818. The second kappa shape index (κ2) is 3.59. The summed E-state index contributed by atoms with van der Waals surface area (Å²) in [5.41, 5.74) is 3.57. The summed E-state index contributed by atoms with van der Waals surface area (Å²) < 4.78 is 5.31. The van der Waals surface area contributed by atoms with Gasteiger partial charge in [0.1, 0.15) is 5.75 Å². The molecule has 3 rings (SSSR count). The van der Waals surface area contributed by atoms with Gasteiger partial charge in [-0.25, -0.2) is 0 Å². The smallest absolute Gasteiger partial charge is 0.140 e. The lowest BCUT2D eigenvalue weighted by Crippen LogP contribution is -2.49. The predicted molar refractivity (Wildman–Crippen MR) is 63.4 cm³/mol. The van der Waals surface area contributed by atoms with Crippen molar-refractivity contribution in [2.45, 2.75) is 19.4 Å². The third-order valence-corrected chi connectivity index (χ3v) is 3.62. The average Bonchev–Trinajstić information content (AvgIpc) is 2.56. The Kier molecular flexibility index (Phi) is 2.21. The third-order valence-electron chi connectivity index (χ3n) is 3.62. The van der Waals surface area contributed by atoms with Crippen molar-refractivity contribution >= 4 is 5.57 Å². The average molecular weight is 216 g/mol. The highest BCUT2D eigenvalue weighted by molar-refractivity contribution is 5.70. The molecule has 84 valence electrons. The molecule has 0 aromatic carbocycles. The van der Waals surface area contributed by atoms with Gasteiger partial charge in [-0.3, -0.25) is 4.98 Å². The van der Waals surface area contributed by atoms with E-state index in [-0.39, 0.29) is 0 Å². The summed E-state index contributed by atoms with van der Waals surface area (Å²) in [5.74, 6) is 1.69. The number of methoxy groups -OCH3 is 1. The van der Waals surface area contributed by atoms with Gasteiger partial charge in [0.15, 0.2) is 0 Å². The van der Waals surface area contributed by atoms with Crippen LogP contribution in [0.1, 0.15) is 17.7 Å². The second-order valence-corrected chi connectivity index (χ2v) is 4.60. The molecule has 0 amide bonds. The maximum atomic E-state index is 5.31. The van der Waals surface area contributed by atoms with E-state index in [0.717, 1.165) is 23.9 Å². The van der Waals surface area contributed by atoms with E-state index in [1.54, 1.807) is 7.11 Å². The van der Waals surface area contributed by atoms with E-state index >= 15 is 0 Å². The molecule has 3 heteroatoms. The molecule has 0 unspecified atom stereocenters. The highest BCUT2D eigenvalue weighted by Gasteiger charge is 2.34. The second-order valence-electron chi connectivity index (χ2n) is 4.60. The van der Waals surface area contributed by atoms with Crippen LogP contribution in [0.2, 0.25) is 0 Å². The first kappa shape index (κ1) is 9.85. The van der Waals surface area contributed by atoms with Gasteiger partial charge in [-0.05, 0) is 36.5 Å². The van der Waals surface area contributed by atoms with Crippen LogP contribution in [0.5, 0.6) is 5.75 Å². The first-order valence-electron chi connectivity index (χ1n) is 5.73. The number of rotatable bonds is 2. The summed E-state index contributed by atoms with van der Waals surface area (Å²) in [6, 6.07) is 2.70. The molecule has 16 heavy (non-hydrogen) atoms. The Balaban J connectivity index is 1.92. The molecule has 0 spiro atoms. The minimum atomic E-state index is 0.599. The van der Waals surface area contributed by atoms with Crippen LogP contribution >= 0.6 is 0 Å². The van der Waals surface area contributed by atoms with E-state index in [9.17, 15) is 0 Å². The number of aromatic nitrogens is 1. The zero-order chi connectivity index (χ0) is 11.1. The Morgan fingerprint density at radius 3 is 2.94 bits per heavy atom. The van der Waals surface area contributed by atoms with Crippen molar-refractivity contribution in [2.24, 2.45) is 5.92 Å². The third kappa shape index (κ3) is 1.43. The van der Waals surface area contributed by atoms with Crippen LogP contribution in [0.4, 0.5) is 0 Å². The van der Waals surface area contributed by atoms with Crippen molar-refractivity contribution < 1.29 is 4.74 Å². The maximum Gasteiger partial charge on any atom is 0.140 e. The molecule has 2 atom stereocenters. The van der Waals surface area contributed by atoms with Crippen molar-refractivity contribution in [3.63, 3.8) is 0 Å². The van der Waals surface area contributed by atoms with Gasteiger partial charge in [0.25, 0.3) is 0 Å². The fraction of sp³-hybridized carbons (Fsp3) is 0.462. The number of nitrogens with zero attached hydrogens (tertiary/aromatic N) is 1. The molecule has 2 heterocycles. The molecule has 1 aromatic heterocycles. The number of allylic oxidation sites excluding steroid dienone is 1. The van der Waals surface area contributed by atoms with Crippen molar-refractivity contribution in [3.8, 4) is 5.75 Å². The molecular weight excluding hydrogens is 200 g/mol. The molecule has 0 saturated carbocycles. The number of ether oxygens (including phenoxy) is 1. The fourth-order valence-corrected chi connectivity index (χ4v) is 2.49. The molecule has 2 aliphatic rings. The van der Waals surface area contributed by atoms with E-state index in [1.165, 1.54) is 17.6 Å². The molecule has 1 saturated heterocycles. The largest absolute Gasteiger partial charge is 0.495 e. The van der Waals surface area contributed by atoms with E-state index in [2.05, 4.69) is 22.4 Å². The molecule has 0 bridgehead atoms. The van der Waals surface area contributed by atoms with E-state index in [0.29, 0.717) is 6.04 Å². The van der Waals surface area contributed by atoms with Crippen molar-refractivity contribution in [1.82, 2.24) is 10.3 Å². The lowest BCUT2D eigenvalue weighted by Gasteiger charge is -2.31. The van der Waals surface area contributed by atoms with Crippen LogP contribution in [0.15, 0.2) is 18.3 Å². The van der Waals surface area contributed by atoms with Gasteiger partial charge in [0.05, 0.1) is 12.8 Å². The molecule has 1 aliphatic carbocycles. The van der Waals surface area contributed by atoms with Gasteiger partial charge >= 0.3 is 0 Å². The normalized spacial score (nSPS) is 27.0. The van der Waals surface area contributed by atoms with Gasteiger partial charge in [-0.2, -0.15) is 0 Å². The molecule has 1 aliphatic heterocycles. The Labute approximate surface area is 95.5 Å². The minimum absolute atomic E-state index is 0.599. The molecule has 1 N–H and O–H groups in total. The SMILES string of the molecule is COc1cc(C2=C[C@H]3NC[C@H]3C2)cnc1C. The molecule has 1 aromatic rings. The number of hydrogen-bond donors (Lipinski definition) is 1. The fourth-order valence-electron chi connectivity index (χ4n) is 2.49. The van der Waals surface area contributed by atoms with Crippen molar-refractivity contribution in [3.05, 3.63) is 29.6 Å². The lowest BCUT2D eigenvalue weighted by atomic mass is 9.94. The predicted octanol–water partition coefficient (Wildman–Crippen LogP) is 1.77. The van der Waals surface area contributed by atoms with Gasteiger partial charge < -0.3 is 10.1 Å². The van der Waals surface area contributed by atoms with Gasteiger partial charge in [-0.1, -0.05) is 6.08 Å². The number of nitrogens with one attached hydrogen (secondary N) is 1. The summed E-state index contributed by atoms with van der Waals surface area (Å²) in [7, 11) is 1.70. The van der Waals surface area contributed by atoms with E-state index in [4.69, 9.17) is 4.74 Å². The van der Waals surface area contributed by atoms with Crippen molar-refractivity contribution in [1.29, 1.82) is 0 Å². The number of pyridine rings is 1. The zero-order valence-corrected chi connectivity index (χ0v) is 9.66. The van der Waals surface area contributed by atoms with E-state index in [1.807, 2.05) is 13.1 Å². The first-order valence-corrected chi connectivity index (χ1v) is 5.73.